The molecule has 24 heavy (non-hydrogen) atoms. The molecule has 1 aromatic rings. The molecule has 0 saturated carbocycles. The van der Waals surface area contributed by atoms with Gasteiger partial charge in [-0.1, -0.05) is 19.1 Å². The van der Waals surface area contributed by atoms with Crippen LogP contribution in [0.15, 0.2) is 29.2 Å². The minimum Gasteiger partial charge on any atom is -0.480 e. The Morgan fingerprint density at radius 3 is 2.33 bits per heavy atom. The molecular formula is C15H21NO5S3. The second-order valence-electron chi connectivity index (χ2n) is 5.41. The average Bonchev–Trinajstić information content (AvgIpc) is 2.52. The largest absolute Gasteiger partial charge is 0.480 e. The van der Waals surface area contributed by atoms with Crippen LogP contribution in [-0.4, -0.2) is 49.2 Å². The number of carbonyl (C=O) groups is 2. The minimum absolute atomic E-state index is 0.216. The number of thioether (sulfide) groups is 1. The molecule has 1 aromatic carbocycles. The molecule has 1 amide bonds. The van der Waals surface area contributed by atoms with E-state index in [0.29, 0.717) is 11.5 Å². The number of carboxylic acids is 1. The van der Waals surface area contributed by atoms with Crippen molar-refractivity contribution >= 4 is 46.1 Å². The van der Waals surface area contributed by atoms with Gasteiger partial charge >= 0.3 is 5.97 Å². The molecule has 2 atom stereocenters. The molecule has 0 aliphatic carbocycles. The fourth-order valence-electron chi connectivity index (χ4n) is 1.70. The molecule has 0 unspecified atom stereocenters. The number of carbonyl (C=O) groups excluding carboxylic acids is 1. The zero-order chi connectivity index (χ0) is 18.3. The van der Waals surface area contributed by atoms with Crippen molar-refractivity contribution in [1.82, 2.24) is 5.32 Å². The van der Waals surface area contributed by atoms with Crippen molar-refractivity contribution in [2.24, 2.45) is 5.92 Å². The number of amides is 1. The van der Waals surface area contributed by atoms with E-state index in [9.17, 15) is 23.1 Å². The van der Waals surface area contributed by atoms with Gasteiger partial charge in [0.15, 0.2) is 9.84 Å². The van der Waals surface area contributed by atoms with E-state index in [4.69, 9.17) is 0 Å². The number of rotatable bonds is 9. The molecular weight excluding hydrogens is 370 g/mol. The number of hydrogen-bond donors (Lipinski definition) is 3. The van der Waals surface area contributed by atoms with Crippen LogP contribution in [0.2, 0.25) is 0 Å². The summed E-state index contributed by atoms with van der Waals surface area (Å²) in [4.78, 5) is 23.2. The highest BCUT2D eigenvalue weighted by Gasteiger charge is 2.22. The Morgan fingerprint density at radius 1 is 1.29 bits per heavy atom. The number of hydrogen-bond acceptors (Lipinski definition) is 6. The molecule has 0 heterocycles. The van der Waals surface area contributed by atoms with Gasteiger partial charge in [0.05, 0.1) is 4.90 Å². The zero-order valence-corrected chi connectivity index (χ0v) is 16.0. The molecule has 0 fully saturated rings. The standard InChI is InChI=1S/C15H21NO5S3/c1-10(7-22)14(17)16-13(15(18)19)9-23-8-11-3-5-12(6-4-11)24(2,20)21/h3-6,10,13,22H,7-9H2,1-2H3,(H,16,17)(H,18,19)/t10-,13+/m1/s1. The van der Waals surface area contributed by atoms with Gasteiger partial charge < -0.3 is 10.4 Å². The van der Waals surface area contributed by atoms with Gasteiger partial charge in [0, 0.05) is 29.4 Å². The van der Waals surface area contributed by atoms with E-state index in [1.165, 1.54) is 23.9 Å². The molecule has 0 bridgehead atoms. The number of thiol groups is 1. The van der Waals surface area contributed by atoms with E-state index in [1.807, 2.05) is 0 Å². The van der Waals surface area contributed by atoms with Gasteiger partial charge in [0.2, 0.25) is 5.91 Å². The Morgan fingerprint density at radius 2 is 1.88 bits per heavy atom. The van der Waals surface area contributed by atoms with Crippen molar-refractivity contribution < 1.29 is 23.1 Å². The van der Waals surface area contributed by atoms with E-state index in [2.05, 4.69) is 17.9 Å². The van der Waals surface area contributed by atoms with E-state index in [-0.39, 0.29) is 22.5 Å². The summed E-state index contributed by atoms with van der Waals surface area (Å²) >= 11 is 5.37. The molecule has 0 aliphatic rings. The van der Waals surface area contributed by atoms with E-state index in [1.54, 1.807) is 19.1 Å². The summed E-state index contributed by atoms with van der Waals surface area (Å²) in [5.74, 6) is -0.702. The van der Waals surface area contributed by atoms with Crippen LogP contribution in [0.25, 0.3) is 0 Å². The number of benzene rings is 1. The van der Waals surface area contributed by atoms with Gasteiger partial charge in [-0.05, 0) is 17.7 Å². The highest BCUT2D eigenvalue weighted by Crippen LogP contribution is 2.16. The van der Waals surface area contributed by atoms with Gasteiger partial charge in [-0.15, -0.1) is 0 Å². The predicted molar refractivity (Wildman–Crippen MR) is 98.3 cm³/mol. The van der Waals surface area contributed by atoms with Crippen molar-refractivity contribution in [1.29, 1.82) is 0 Å². The van der Waals surface area contributed by atoms with Crippen LogP contribution < -0.4 is 5.32 Å². The molecule has 9 heteroatoms. The van der Waals surface area contributed by atoms with Crippen molar-refractivity contribution in [2.75, 3.05) is 17.8 Å². The average molecular weight is 392 g/mol. The van der Waals surface area contributed by atoms with E-state index >= 15 is 0 Å². The Bertz CT molecular complexity index is 673. The summed E-state index contributed by atoms with van der Waals surface area (Å²) in [6.45, 7) is 1.68. The van der Waals surface area contributed by atoms with Crippen molar-refractivity contribution in [3.05, 3.63) is 29.8 Å². The van der Waals surface area contributed by atoms with Gasteiger partial charge in [-0.3, -0.25) is 4.79 Å². The first-order valence-electron chi connectivity index (χ1n) is 7.16. The third kappa shape index (κ3) is 6.74. The Balaban J connectivity index is 2.57. The lowest BCUT2D eigenvalue weighted by atomic mass is 10.2. The number of nitrogens with one attached hydrogen (secondary N) is 1. The summed E-state index contributed by atoms with van der Waals surface area (Å²) in [7, 11) is -3.23. The van der Waals surface area contributed by atoms with Gasteiger partial charge in [-0.2, -0.15) is 24.4 Å². The maximum absolute atomic E-state index is 11.8. The lowest BCUT2D eigenvalue weighted by molar-refractivity contribution is -0.141. The molecule has 2 N–H and O–H groups in total. The summed E-state index contributed by atoms with van der Waals surface area (Å²) in [5.41, 5.74) is 0.881. The predicted octanol–water partition coefficient (Wildman–Crippen LogP) is 1.46. The Labute approximate surface area is 151 Å². The number of aliphatic carboxylic acids is 1. The molecule has 0 aromatic heterocycles. The lowest BCUT2D eigenvalue weighted by Crippen LogP contribution is -2.45. The fraction of sp³-hybridized carbons (Fsp3) is 0.467. The molecule has 134 valence electrons. The quantitative estimate of drug-likeness (QED) is 0.551. The number of carboxylic acid groups (broad SMARTS) is 1. The maximum atomic E-state index is 11.8. The fourth-order valence-corrected chi connectivity index (χ4v) is 3.50. The van der Waals surface area contributed by atoms with Crippen molar-refractivity contribution in [3.8, 4) is 0 Å². The van der Waals surface area contributed by atoms with E-state index in [0.717, 1.165) is 11.8 Å². The summed E-state index contributed by atoms with van der Waals surface area (Å²) in [5, 5.41) is 11.7. The second kappa shape index (κ2) is 9.33. The van der Waals surface area contributed by atoms with Crippen LogP contribution in [0.1, 0.15) is 12.5 Å². The first kappa shape index (κ1) is 20.9. The topological polar surface area (TPSA) is 101 Å². The van der Waals surface area contributed by atoms with Gasteiger partial charge in [0.25, 0.3) is 0 Å². The van der Waals surface area contributed by atoms with Crippen LogP contribution in [0.4, 0.5) is 0 Å². The summed E-state index contributed by atoms with van der Waals surface area (Å²) in [6, 6.07) is 5.47. The highest BCUT2D eigenvalue weighted by molar-refractivity contribution is 7.98. The molecule has 1 rings (SSSR count). The monoisotopic (exact) mass is 391 g/mol. The molecule has 0 aliphatic heterocycles. The van der Waals surface area contributed by atoms with Crippen LogP contribution in [0, 0.1) is 5.92 Å². The first-order chi connectivity index (χ1) is 11.1. The van der Waals surface area contributed by atoms with Crippen LogP contribution in [0.3, 0.4) is 0 Å². The SMILES string of the molecule is C[C@H](CS)C(=O)N[C@@H](CSCc1ccc(S(C)(=O)=O)cc1)C(=O)O. The van der Waals surface area contributed by atoms with Crippen LogP contribution in [0.5, 0.6) is 0 Å². The Hall–Kier alpha value is -1.19. The molecule has 0 radical (unpaired) electrons. The normalized spacial score (nSPS) is 14.0. The third-order valence-corrected chi connectivity index (χ3v) is 6.02. The summed E-state index contributed by atoms with van der Waals surface area (Å²) < 4.78 is 22.8. The van der Waals surface area contributed by atoms with Gasteiger partial charge in [0.1, 0.15) is 6.04 Å². The molecule has 6 nitrogen and oxygen atoms in total. The highest BCUT2D eigenvalue weighted by atomic mass is 32.2. The van der Waals surface area contributed by atoms with Crippen LogP contribution >= 0.6 is 24.4 Å². The third-order valence-electron chi connectivity index (χ3n) is 3.24. The van der Waals surface area contributed by atoms with Gasteiger partial charge in [-0.25, -0.2) is 13.2 Å². The van der Waals surface area contributed by atoms with Crippen LogP contribution in [-0.2, 0) is 25.2 Å². The molecule has 0 saturated heterocycles. The molecule has 0 spiro atoms. The number of sulfone groups is 1. The van der Waals surface area contributed by atoms with E-state index < -0.39 is 21.8 Å². The van der Waals surface area contributed by atoms with Crippen molar-refractivity contribution in [2.45, 2.75) is 23.6 Å². The smallest absolute Gasteiger partial charge is 0.327 e. The Kier molecular flexibility index (Phi) is 8.11. The zero-order valence-electron chi connectivity index (χ0n) is 13.4. The first-order valence-corrected chi connectivity index (χ1v) is 10.8. The van der Waals surface area contributed by atoms with Crippen molar-refractivity contribution in [3.63, 3.8) is 0 Å². The second-order valence-corrected chi connectivity index (χ2v) is 8.83. The maximum Gasteiger partial charge on any atom is 0.327 e. The lowest BCUT2D eigenvalue weighted by Gasteiger charge is -2.16. The summed E-state index contributed by atoms with van der Waals surface area (Å²) in [6.07, 6.45) is 1.14. The minimum atomic E-state index is -3.23.